The summed E-state index contributed by atoms with van der Waals surface area (Å²) in [4.78, 5) is 16.9. The molecule has 0 aliphatic rings. The molecule has 29 heavy (non-hydrogen) atoms. The van der Waals surface area contributed by atoms with E-state index in [-0.39, 0.29) is 18.3 Å². The first-order valence-electron chi connectivity index (χ1n) is 8.96. The van der Waals surface area contributed by atoms with Gasteiger partial charge in [0.2, 0.25) is 5.91 Å². The fraction of sp³-hybridized carbons (Fsp3) is 0.143. The highest BCUT2D eigenvalue weighted by atomic mass is 32.2. The predicted molar refractivity (Wildman–Crippen MR) is 111 cm³/mol. The lowest BCUT2D eigenvalue weighted by Crippen LogP contribution is -2.14. The molecule has 0 aliphatic heterocycles. The van der Waals surface area contributed by atoms with Crippen molar-refractivity contribution in [1.82, 2.24) is 15.2 Å². The SMILES string of the molecule is Cc1cc(NC(=O)CSc2nnc(COc3ccccc3)o2)c2ccccc2n1. The van der Waals surface area contributed by atoms with E-state index in [9.17, 15) is 4.79 Å². The minimum atomic E-state index is -0.161. The molecule has 8 heteroatoms. The van der Waals surface area contributed by atoms with E-state index in [1.807, 2.05) is 67.6 Å². The molecule has 2 heterocycles. The molecule has 0 bridgehead atoms. The lowest BCUT2D eigenvalue weighted by Gasteiger charge is -2.09. The highest BCUT2D eigenvalue weighted by Crippen LogP contribution is 2.24. The van der Waals surface area contributed by atoms with E-state index in [0.29, 0.717) is 11.1 Å². The first-order chi connectivity index (χ1) is 14.2. The van der Waals surface area contributed by atoms with Gasteiger partial charge in [-0.1, -0.05) is 48.2 Å². The molecule has 2 aromatic carbocycles. The number of carbonyl (C=O) groups excluding carboxylic acids is 1. The van der Waals surface area contributed by atoms with E-state index < -0.39 is 0 Å². The number of hydrogen-bond donors (Lipinski definition) is 1. The molecule has 0 saturated heterocycles. The van der Waals surface area contributed by atoms with Crippen LogP contribution in [0.1, 0.15) is 11.6 Å². The maximum Gasteiger partial charge on any atom is 0.277 e. The summed E-state index contributed by atoms with van der Waals surface area (Å²) >= 11 is 1.18. The summed E-state index contributed by atoms with van der Waals surface area (Å²) in [5, 5.41) is 12.0. The van der Waals surface area contributed by atoms with Crippen LogP contribution in [0.15, 0.2) is 70.3 Å². The zero-order chi connectivity index (χ0) is 20.1. The quantitative estimate of drug-likeness (QED) is 0.459. The largest absolute Gasteiger partial charge is 0.484 e. The Morgan fingerprint density at radius 1 is 1.10 bits per heavy atom. The minimum Gasteiger partial charge on any atom is -0.484 e. The molecular formula is C21H18N4O3S. The van der Waals surface area contributed by atoms with Gasteiger partial charge in [0.25, 0.3) is 11.1 Å². The fourth-order valence-electron chi connectivity index (χ4n) is 2.74. The first-order valence-corrected chi connectivity index (χ1v) is 9.95. The number of fused-ring (bicyclic) bond motifs is 1. The number of benzene rings is 2. The van der Waals surface area contributed by atoms with E-state index in [1.54, 1.807) is 0 Å². The average Bonchev–Trinajstić information content (AvgIpc) is 3.19. The van der Waals surface area contributed by atoms with Crippen LogP contribution in [0.4, 0.5) is 5.69 Å². The van der Waals surface area contributed by atoms with Crippen molar-refractivity contribution in [3.8, 4) is 5.75 Å². The number of para-hydroxylation sites is 2. The fourth-order valence-corrected chi connectivity index (χ4v) is 3.32. The molecule has 0 aliphatic carbocycles. The highest BCUT2D eigenvalue weighted by molar-refractivity contribution is 7.99. The number of pyridine rings is 1. The Hall–Kier alpha value is -3.39. The Labute approximate surface area is 171 Å². The molecule has 1 amide bonds. The van der Waals surface area contributed by atoms with Crippen LogP contribution >= 0.6 is 11.8 Å². The van der Waals surface area contributed by atoms with Crippen LogP contribution in [0.25, 0.3) is 10.9 Å². The third-order valence-corrected chi connectivity index (χ3v) is 4.82. The smallest absolute Gasteiger partial charge is 0.277 e. The number of anilines is 1. The molecule has 0 radical (unpaired) electrons. The Bertz CT molecular complexity index is 1130. The number of aromatic nitrogens is 3. The van der Waals surface area contributed by atoms with Crippen molar-refractivity contribution in [3.63, 3.8) is 0 Å². The zero-order valence-electron chi connectivity index (χ0n) is 15.7. The normalized spacial score (nSPS) is 10.8. The summed E-state index contributed by atoms with van der Waals surface area (Å²) in [7, 11) is 0. The topological polar surface area (TPSA) is 90.1 Å². The van der Waals surface area contributed by atoms with Gasteiger partial charge in [-0.25, -0.2) is 0 Å². The van der Waals surface area contributed by atoms with Gasteiger partial charge in [0.1, 0.15) is 5.75 Å². The van der Waals surface area contributed by atoms with Crippen LogP contribution in [0.3, 0.4) is 0 Å². The van der Waals surface area contributed by atoms with E-state index >= 15 is 0 Å². The molecule has 0 atom stereocenters. The van der Waals surface area contributed by atoms with Crippen LogP contribution in [-0.2, 0) is 11.4 Å². The van der Waals surface area contributed by atoms with Gasteiger partial charge in [-0.3, -0.25) is 9.78 Å². The second-order valence-electron chi connectivity index (χ2n) is 6.23. The molecule has 0 spiro atoms. The van der Waals surface area contributed by atoms with Crippen molar-refractivity contribution in [2.24, 2.45) is 0 Å². The Balaban J connectivity index is 1.33. The van der Waals surface area contributed by atoms with Crippen molar-refractivity contribution in [2.75, 3.05) is 11.1 Å². The maximum absolute atomic E-state index is 12.4. The summed E-state index contributed by atoms with van der Waals surface area (Å²) in [6, 6.07) is 18.9. The third kappa shape index (κ3) is 4.91. The van der Waals surface area contributed by atoms with Crippen molar-refractivity contribution in [2.45, 2.75) is 18.8 Å². The van der Waals surface area contributed by atoms with Crippen LogP contribution in [-0.4, -0.2) is 26.8 Å². The second kappa shape index (κ2) is 8.74. The van der Waals surface area contributed by atoms with E-state index in [2.05, 4.69) is 20.5 Å². The molecule has 7 nitrogen and oxygen atoms in total. The molecule has 1 N–H and O–H groups in total. The van der Waals surface area contributed by atoms with Gasteiger partial charge in [0.15, 0.2) is 6.61 Å². The molecule has 4 rings (SSSR count). The van der Waals surface area contributed by atoms with Gasteiger partial charge in [0.05, 0.1) is 17.0 Å². The lowest BCUT2D eigenvalue weighted by atomic mass is 10.1. The standard InChI is InChI=1S/C21H18N4O3S/c1-14-11-18(16-9-5-6-10-17(16)22-14)23-19(26)13-29-21-25-24-20(28-21)12-27-15-7-3-2-4-8-15/h2-11H,12-13H2,1H3,(H,22,23,26). The van der Waals surface area contributed by atoms with Crippen LogP contribution in [0.2, 0.25) is 0 Å². The van der Waals surface area contributed by atoms with Crippen molar-refractivity contribution in [3.05, 3.63) is 72.2 Å². The predicted octanol–water partition coefficient (Wildman–Crippen LogP) is 4.24. The van der Waals surface area contributed by atoms with Gasteiger partial charge in [-0.05, 0) is 31.2 Å². The van der Waals surface area contributed by atoms with E-state index in [0.717, 1.165) is 28.0 Å². The molecule has 4 aromatic rings. The summed E-state index contributed by atoms with van der Waals surface area (Å²) in [5.41, 5.74) is 2.42. The van der Waals surface area contributed by atoms with E-state index in [4.69, 9.17) is 9.15 Å². The molecule has 0 saturated carbocycles. The molecular weight excluding hydrogens is 388 g/mol. The molecule has 2 aromatic heterocycles. The number of amides is 1. The Morgan fingerprint density at radius 2 is 1.90 bits per heavy atom. The number of hydrogen-bond acceptors (Lipinski definition) is 7. The highest BCUT2D eigenvalue weighted by Gasteiger charge is 2.12. The lowest BCUT2D eigenvalue weighted by molar-refractivity contribution is -0.113. The first kappa shape index (κ1) is 18.9. The summed E-state index contributed by atoms with van der Waals surface area (Å²) in [5.74, 6) is 1.06. The van der Waals surface area contributed by atoms with Gasteiger partial charge < -0.3 is 14.5 Å². The monoisotopic (exact) mass is 406 g/mol. The van der Waals surface area contributed by atoms with E-state index in [1.165, 1.54) is 11.8 Å². The van der Waals surface area contributed by atoms with Crippen LogP contribution in [0.5, 0.6) is 5.75 Å². The number of carbonyl (C=O) groups is 1. The van der Waals surface area contributed by atoms with Crippen LogP contribution < -0.4 is 10.1 Å². The Morgan fingerprint density at radius 3 is 2.76 bits per heavy atom. The van der Waals surface area contributed by atoms with Crippen molar-refractivity contribution in [1.29, 1.82) is 0 Å². The molecule has 0 unspecified atom stereocenters. The van der Waals surface area contributed by atoms with Gasteiger partial charge in [0, 0.05) is 11.1 Å². The average molecular weight is 406 g/mol. The second-order valence-corrected chi connectivity index (χ2v) is 7.16. The number of thioether (sulfide) groups is 1. The van der Waals surface area contributed by atoms with Gasteiger partial charge >= 0.3 is 0 Å². The Kier molecular flexibility index (Phi) is 5.71. The number of nitrogens with one attached hydrogen (secondary N) is 1. The minimum absolute atomic E-state index is 0.150. The number of nitrogens with zero attached hydrogens (tertiary/aromatic N) is 3. The summed E-state index contributed by atoms with van der Waals surface area (Å²) < 4.78 is 11.1. The van der Waals surface area contributed by atoms with Gasteiger partial charge in [-0.2, -0.15) is 0 Å². The molecule has 146 valence electrons. The van der Waals surface area contributed by atoms with Crippen molar-refractivity contribution >= 4 is 34.3 Å². The maximum atomic E-state index is 12.4. The zero-order valence-corrected chi connectivity index (χ0v) is 16.5. The number of rotatable bonds is 7. The third-order valence-electron chi connectivity index (χ3n) is 4.00. The van der Waals surface area contributed by atoms with Gasteiger partial charge in [-0.15, -0.1) is 10.2 Å². The summed E-state index contributed by atoms with van der Waals surface area (Å²) in [6.45, 7) is 2.07. The van der Waals surface area contributed by atoms with Crippen LogP contribution in [0, 0.1) is 6.92 Å². The number of ether oxygens (including phenoxy) is 1. The molecule has 0 fully saturated rings. The summed E-state index contributed by atoms with van der Waals surface area (Å²) in [6.07, 6.45) is 0. The van der Waals surface area contributed by atoms with Crippen molar-refractivity contribution < 1.29 is 13.9 Å². The number of aryl methyl sites for hydroxylation is 1.